The van der Waals surface area contributed by atoms with Gasteiger partial charge in [0.2, 0.25) is 0 Å². The zero-order chi connectivity index (χ0) is 23.5. The normalized spacial score (nSPS) is 26.6. The number of aliphatic hydroxyl groups is 2. The summed E-state index contributed by atoms with van der Waals surface area (Å²) in [6.07, 6.45) is -1.32. The molecule has 4 N–H and O–H groups in total. The van der Waals surface area contributed by atoms with E-state index in [1.807, 2.05) is 30.3 Å². The topological polar surface area (TPSA) is 153 Å². The quantitative estimate of drug-likeness (QED) is 0.385. The largest absolute Gasteiger partial charge is 0.447 e. The van der Waals surface area contributed by atoms with Crippen LogP contribution in [0.1, 0.15) is 18.2 Å². The van der Waals surface area contributed by atoms with E-state index >= 15 is 0 Å². The maximum atomic E-state index is 12.0. The lowest BCUT2D eigenvalue weighted by Gasteiger charge is -2.17. The van der Waals surface area contributed by atoms with Crippen LogP contribution in [0.25, 0.3) is 11.2 Å². The summed E-state index contributed by atoms with van der Waals surface area (Å²) >= 11 is 0. The number of nitrogens with zero attached hydrogens (tertiary/aromatic N) is 4. The molecule has 12 heteroatoms. The van der Waals surface area contributed by atoms with Crippen LogP contribution in [-0.2, 0) is 20.8 Å². The van der Waals surface area contributed by atoms with Crippen molar-refractivity contribution in [3.63, 3.8) is 0 Å². The monoisotopic (exact) mass is 470 g/mol. The molecule has 0 saturated carbocycles. The number of anilines is 1. The van der Waals surface area contributed by atoms with Crippen molar-refractivity contribution in [1.82, 2.24) is 24.8 Å². The SMILES string of the molecule is O=C(NCc1ccccc1)OC[C@H]1OC(n2cnc3c(NC4CCOC4)ncnc32)[C@H](O)[C@@H]1O. The Bertz CT molecular complexity index is 1120. The van der Waals surface area contributed by atoms with Gasteiger partial charge in [0.05, 0.1) is 19.0 Å². The van der Waals surface area contributed by atoms with Gasteiger partial charge >= 0.3 is 6.09 Å². The van der Waals surface area contributed by atoms with Crippen molar-refractivity contribution in [2.75, 3.05) is 25.1 Å². The van der Waals surface area contributed by atoms with Gasteiger partial charge < -0.3 is 35.1 Å². The molecular weight excluding hydrogens is 444 g/mol. The second-order valence-corrected chi connectivity index (χ2v) is 8.24. The van der Waals surface area contributed by atoms with Gasteiger partial charge in [-0.2, -0.15) is 0 Å². The summed E-state index contributed by atoms with van der Waals surface area (Å²) in [6.45, 7) is 1.35. The van der Waals surface area contributed by atoms with Crippen molar-refractivity contribution in [3.8, 4) is 0 Å². The molecule has 0 spiro atoms. The average Bonchev–Trinajstić information content (AvgIpc) is 3.59. The molecule has 5 atom stereocenters. The molecule has 1 aromatic carbocycles. The molecule has 2 unspecified atom stereocenters. The van der Waals surface area contributed by atoms with Crippen molar-refractivity contribution in [3.05, 3.63) is 48.5 Å². The number of carbonyl (C=O) groups is 1. The summed E-state index contributed by atoms with van der Waals surface area (Å²) in [5.41, 5.74) is 1.88. The van der Waals surface area contributed by atoms with Gasteiger partial charge in [0.1, 0.15) is 31.2 Å². The third-order valence-electron chi connectivity index (χ3n) is 5.90. The van der Waals surface area contributed by atoms with Gasteiger partial charge in [0.25, 0.3) is 0 Å². The van der Waals surface area contributed by atoms with Crippen LogP contribution in [0.2, 0.25) is 0 Å². The number of amides is 1. The highest BCUT2D eigenvalue weighted by Gasteiger charge is 2.45. The molecule has 2 aliphatic rings. The Morgan fingerprint density at radius 3 is 2.82 bits per heavy atom. The van der Waals surface area contributed by atoms with Crippen LogP contribution in [0.4, 0.5) is 10.6 Å². The number of nitrogens with one attached hydrogen (secondary N) is 2. The number of fused-ring (bicyclic) bond motifs is 1. The number of aromatic nitrogens is 4. The number of aliphatic hydroxyl groups excluding tert-OH is 2. The standard InChI is InChI=1S/C22H26N6O6/c29-17-15(10-33-22(31)23-8-13-4-2-1-3-5-13)34-21(18(17)30)28-12-26-16-19(24-11-25-20(16)28)27-14-6-7-32-9-14/h1-5,11-12,14-15,17-18,21,29-30H,6-10H2,(H,23,31)(H,24,25,27)/t14?,15-,17-,18-,21?/m1/s1. The zero-order valence-electron chi connectivity index (χ0n) is 18.3. The number of alkyl carbamates (subject to hydrolysis) is 1. The molecule has 2 aliphatic heterocycles. The van der Waals surface area contributed by atoms with E-state index in [4.69, 9.17) is 14.2 Å². The number of rotatable bonds is 7. The highest BCUT2D eigenvalue weighted by atomic mass is 16.6. The van der Waals surface area contributed by atoms with E-state index < -0.39 is 30.6 Å². The molecule has 180 valence electrons. The Kier molecular flexibility index (Phi) is 6.54. The molecule has 2 saturated heterocycles. The van der Waals surface area contributed by atoms with Gasteiger partial charge in [-0.25, -0.2) is 19.7 Å². The van der Waals surface area contributed by atoms with E-state index in [0.29, 0.717) is 36.7 Å². The molecule has 2 aromatic heterocycles. The minimum Gasteiger partial charge on any atom is -0.447 e. The van der Waals surface area contributed by atoms with Gasteiger partial charge in [-0.15, -0.1) is 0 Å². The van der Waals surface area contributed by atoms with Crippen LogP contribution >= 0.6 is 0 Å². The van der Waals surface area contributed by atoms with Crippen molar-refractivity contribution in [2.24, 2.45) is 0 Å². The van der Waals surface area contributed by atoms with Crippen molar-refractivity contribution in [1.29, 1.82) is 0 Å². The molecule has 4 heterocycles. The number of imidazole rings is 1. The second-order valence-electron chi connectivity index (χ2n) is 8.24. The van der Waals surface area contributed by atoms with Crippen LogP contribution in [0, 0.1) is 0 Å². The van der Waals surface area contributed by atoms with Gasteiger partial charge in [-0.3, -0.25) is 4.57 Å². The van der Waals surface area contributed by atoms with Gasteiger partial charge in [-0.05, 0) is 12.0 Å². The number of hydrogen-bond acceptors (Lipinski definition) is 10. The minimum atomic E-state index is -1.27. The third kappa shape index (κ3) is 4.66. The number of ether oxygens (including phenoxy) is 3. The molecule has 2 fully saturated rings. The summed E-state index contributed by atoms with van der Waals surface area (Å²) < 4.78 is 18.0. The molecule has 12 nitrogen and oxygen atoms in total. The first kappa shape index (κ1) is 22.5. The third-order valence-corrected chi connectivity index (χ3v) is 5.90. The molecule has 34 heavy (non-hydrogen) atoms. The molecule has 3 aromatic rings. The highest BCUT2D eigenvalue weighted by molar-refractivity contribution is 5.82. The van der Waals surface area contributed by atoms with E-state index in [0.717, 1.165) is 12.0 Å². The molecular formula is C22H26N6O6. The Hall–Kier alpha value is -3.32. The van der Waals surface area contributed by atoms with Gasteiger partial charge in [0.15, 0.2) is 23.2 Å². The minimum absolute atomic E-state index is 0.132. The molecule has 0 aliphatic carbocycles. The summed E-state index contributed by atoms with van der Waals surface area (Å²) in [6, 6.07) is 9.53. The fourth-order valence-corrected chi connectivity index (χ4v) is 4.06. The first-order valence-corrected chi connectivity index (χ1v) is 11.1. The van der Waals surface area contributed by atoms with Gasteiger partial charge in [0, 0.05) is 13.2 Å². The van der Waals surface area contributed by atoms with Crippen LogP contribution < -0.4 is 10.6 Å². The van der Waals surface area contributed by atoms with E-state index in [1.54, 1.807) is 0 Å². The lowest BCUT2D eigenvalue weighted by molar-refractivity contribution is -0.0533. The Balaban J connectivity index is 1.22. The molecule has 0 bridgehead atoms. The Labute approximate surface area is 194 Å². The summed E-state index contributed by atoms with van der Waals surface area (Å²) in [5, 5.41) is 27.0. The smallest absolute Gasteiger partial charge is 0.407 e. The molecule has 5 rings (SSSR count). The zero-order valence-corrected chi connectivity index (χ0v) is 18.3. The lowest BCUT2D eigenvalue weighted by Crippen LogP contribution is -2.35. The van der Waals surface area contributed by atoms with E-state index in [2.05, 4.69) is 25.6 Å². The van der Waals surface area contributed by atoms with Crippen LogP contribution in [0.5, 0.6) is 0 Å². The van der Waals surface area contributed by atoms with Crippen molar-refractivity contribution in [2.45, 2.75) is 43.5 Å². The van der Waals surface area contributed by atoms with E-state index in [9.17, 15) is 15.0 Å². The number of hydrogen-bond donors (Lipinski definition) is 4. The second kappa shape index (κ2) is 9.89. The average molecular weight is 470 g/mol. The van der Waals surface area contributed by atoms with Crippen molar-refractivity contribution >= 4 is 23.1 Å². The van der Waals surface area contributed by atoms with Crippen molar-refractivity contribution < 1.29 is 29.2 Å². The van der Waals surface area contributed by atoms with Crippen LogP contribution in [0.15, 0.2) is 43.0 Å². The van der Waals surface area contributed by atoms with E-state index in [1.165, 1.54) is 17.2 Å². The molecule has 1 amide bonds. The highest BCUT2D eigenvalue weighted by Crippen LogP contribution is 2.32. The Morgan fingerprint density at radius 2 is 2.03 bits per heavy atom. The summed E-state index contributed by atoms with van der Waals surface area (Å²) in [5.74, 6) is 0.558. The summed E-state index contributed by atoms with van der Waals surface area (Å²) in [4.78, 5) is 25.0. The maximum Gasteiger partial charge on any atom is 0.407 e. The summed E-state index contributed by atoms with van der Waals surface area (Å²) in [7, 11) is 0. The first-order chi connectivity index (χ1) is 16.6. The number of carbonyl (C=O) groups excluding carboxylic acids is 1. The predicted octanol–water partition coefficient (Wildman–Crippen LogP) is 0.573. The van der Waals surface area contributed by atoms with Crippen LogP contribution in [0.3, 0.4) is 0 Å². The Morgan fingerprint density at radius 1 is 1.18 bits per heavy atom. The lowest BCUT2D eigenvalue weighted by atomic mass is 10.1. The maximum absolute atomic E-state index is 12.0. The first-order valence-electron chi connectivity index (χ1n) is 11.1. The van der Waals surface area contributed by atoms with E-state index in [-0.39, 0.29) is 12.6 Å². The fourth-order valence-electron chi connectivity index (χ4n) is 4.06. The van der Waals surface area contributed by atoms with Crippen LogP contribution in [-0.4, -0.2) is 80.0 Å². The fraction of sp³-hybridized carbons (Fsp3) is 0.455. The predicted molar refractivity (Wildman–Crippen MR) is 119 cm³/mol. The molecule has 0 radical (unpaired) electrons. The van der Waals surface area contributed by atoms with Gasteiger partial charge in [-0.1, -0.05) is 30.3 Å². The number of benzene rings is 1.